The summed E-state index contributed by atoms with van der Waals surface area (Å²) in [4.78, 5) is 11.7. The fraction of sp³-hybridized carbons (Fsp3) is 0.182. The molecule has 0 spiro atoms. The predicted octanol–water partition coefficient (Wildman–Crippen LogP) is 2.95. The van der Waals surface area contributed by atoms with Gasteiger partial charge < -0.3 is 4.79 Å². The van der Waals surface area contributed by atoms with E-state index in [9.17, 15) is 4.79 Å². The van der Waals surface area contributed by atoms with Crippen LogP contribution in [0.1, 0.15) is 10.4 Å². The molecule has 0 fully saturated rings. The van der Waals surface area contributed by atoms with Crippen LogP contribution in [0.2, 0.25) is 0 Å². The third kappa shape index (κ3) is 1.38. The standard InChI is InChI=1S/C11H10OS/c1-8-9(6-7-12)10-4-2-3-5-11(10)13-8/h2-5,7H,6H2,1H3. The molecule has 0 saturated heterocycles. The molecule has 0 aliphatic rings. The number of thiophene rings is 1. The average molecular weight is 190 g/mol. The molecule has 0 atom stereocenters. The Balaban J connectivity index is 2.70. The van der Waals surface area contributed by atoms with Gasteiger partial charge in [-0.2, -0.15) is 0 Å². The number of carbonyl (C=O) groups excluding carboxylic acids is 1. The van der Waals surface area contributed by atoms with Gasteiger partial charge in [-0.25, -0.2) is 0 Å². The lowest BCUT2D eigenvalue weighted by Crippen LogP contribution is -1.85. The van der Waals surface area contributed by atoms with Crippen LogP contribution in [-0.4, -0.2) is 6.29 Å². The summed E-state index contributed by atoms with van der Waals surface area (Å²) in [6.45, 7) is 2.07. The number of hydrogen-bond acceptors (Lipinski definition) is 2. The molecule has 1 aromatic carbocycles. The van der Waals surface area contributed by atoms with Gasteiger partial charge in [-0.1, -0.05) is 18.2 Å². The Morgan fingerprint density at radius 2 is 2.15 bits per heavy atom. The highest BCUT2D eigenvalue weighted by atomic mass is 32.1. The predicted molar refractivity (Wildman–Crippen MR) is 56.3 cm³/mol. The minimum Gasteiger partial charge on any atom is -0.303 e. The molecule has 0 N–H and O–H groups in total. The zero-order valence-electron chi connectivity index (χ0n) is 7.41. The van der Waals surface area contributed by atoms with Crippen molar-refractivity contribution in [3.63, 3.8) is 0 Å². The SMILES string of the molecule is Cc1sc2ccccc2c1CC=O. The van der Waals surface area contributed by atoms with Crippen molar-refractivity contribution in [3.8, 4) is 0 Å². The summed E-state index contributed by atoms with van der Waals surface area (Å²) >= 11 is 1.76. The number of benzene rings is 1. The third-order valence-electron chi connectivity index (χ3n) is 2.19. The van der Waals surface area contributed by atoms with Gasteiger partial charge in [-0.15, -0.1) is 11.3 Å². The van der Waals surface area contributed by atoms with Gasteiger partial charge in [0.05, 0.1) is 0 Å². The van der Waals surface area contributed by atoms with Gasteiger partial charge in [0.2, 0.25) is 0 Å². The maximum absolute atomic E-state index is 10.5. The van der Waals surface area contributed by atoms with Gasteiger partial charge in [-0.3, -0.25) is 0 Å². The molecular weight excluding hydrogens is 180 g/mol. The second-order valence-corrected chi connectivity index (χ2v) is 4.26. The second kappa shape index (κ2) is 3.30. The van der Waals surface area contributed by atoms with Crippen LogP contribution in [-0.2, 0) is 11.2 Å². The molecule has 2 aromatic rings. The number of fused-ring (bicyclic) bond motifs is 1. The van der Waals surface area contributed by atoms with Crippen LogP contribution in [0.3, 0.4) is 0 Å². The van der Waals surface area contributed by atoms with Crippen LogP contribution in [0.4, 0.5) is 0 Å². The average Bonchev–Trinajstić information content (AvgIpc) is 2.44. The molecule has 13 heavy (non-hydrogen) atoms. The van der Waals surface area contributed by atoms with E-state index in [-0.39, 0.29) is 0 Å². The fourth-order valence-corrected chi connectivity index (χ4v) is 2.65. The van der Waals surface area contributed by atoms with E-state index in [2.05, 4.69) is 19.1 Å². The van der Waals surface area contributed by atoms with Gasteiger partial charge in [0, 0.05) is 16.0 Å². The van der Waals surface area contributed by atoms with E-state index >= 15 is 0 Å². The summed E-state index contributed by atoms with van der Waals surface area (Å²) in [5.41, 5.74) is 1.19. The quantitative estimate of drug-likeness (QED) is 0.665. The molecule has 1 aromatic heterocycles. The highest BCUT2D eigenvalue weighted by molar-refractivity contribution is 7.19. The molecule has 0 bridgehead atoms. The first-order valence-corrected chi connectivity index (χ1v) is 5.05. The maximum atomic E-state index is 10.5. The largest absolute Gasteiger partial charge is 0.303 e. The number of hydrogen-bond donors (Lipinski definition) is 0. The Morgan fingerprint density at radius 3 is 2.92 bits per heavy atom. The van der Waals surface area contributed by atoms with E-state index in [1.54, 1.807) is 11.3 Å². The summed E-state index contributed by atoms with van der Waals surface area (Å²) in [5, 5.41) is 1.23. The molecule has 0 saturated carbocycles. The molecule has 0 radical (unpaired) electrons. The first-order chi connectivity index (χ1) is 6.33. The van der Waals surface area contributed by atoms with E-state index < -0.39 is 0 Å². The van der Waals surface area contributed by atoms with E-state index in [4.69, 9.17) is 0 Å². The smallest absolute Gasteiger partial charge is 0.124 e. The first kappa shape index (κ1) is 8.45. The fourth-order valence-electron chi connectivity index (χ4n) is 1.56. The van der Waals surface area contributed by atoms with Crippen molar-refractivity contribution in [2.24, 2.45) is 0 Å². The van der Waals surface area contributed by atoms with E-state index in [0.29, 0.717) is 6.42 Å². The Morgan fingerprint density at radius 1 is 1.38 bits per heavy atom. The normalized spacial score (nSPS) is 10.5. The summed E-state index contributed by atoms with van der Waals surface area (Å²) in [6, 6.07) is 8.23. The first-order valence-electron chi connectivity index (χ1n) is 4.23. The number of aryl methyl sites for hydroxylation is 1. The van der Waals surface area contributed by atoms with Crippen molar-refractivity contribution >= 4 is 27.7 Å². The number of rotatable bonds is 2. The highest BCUT2D eigenvalue weighted by Gasteiger charge is 2.06. The van der Waals surface area contributed by atoms with Crippen molar-refractivity contribution in [2.75, 3.05) is 0 Å². The van der Waals surface area contributed by atoms with E-state index in [0.717, 1.165) is 6.29 Å². The zero-order chi connectivity index (χ0) is 9.26. The summed E-state index contributed by atoms with van der Waals surface area (Å²) < 4.78 is 1.27. The number of aldehydes is 1. The maximum Gasteiger partial charge on any atom is 0.124 e. The Bertz CT molecular complexity index is 442. The van der Waals surface area contributed by atoms with Crippen LogP contribution in [0.25, 0.3) is 10.1 Å². The van der Waals surface area contributed by atoms with Crippen LogP contribution in [0.5, 0.6) is 0 Å². The summed E-state index contributed by atoms with van der Waals surface area (Å²) in [6.07, 6.45) is 1.51. The van der Waals surface area contributed by atoms with Gasteiger partial charge in [0.1, 0.15) is 6.29 Å². The topological polar surface area (TPSA) is 17.1 Å². The Labute approximate surface area is 81.0 Å². The van der Waals surface area contributed by atoms with E-state index in [1.165, 1.54) is 20.5 Å². The molecular formula is C11H10OS. The van der Waals surface area contributed by atoms with Crippen molar-refractivity contribution in [2.45, 2.75) is 13.3 Å². The van der Waals surface area contributed by atoms with Gasteiger partial charge in [0.15, 0.2) is 0 Å². The summed E-state index contributed by atoms with van der Waals surface area (Å²) in [5.74, 6) is 0. The van der Waals surface area contributed by atoms with Gasteiger partial charge >= 0.3 is 0 Å². The van der Waals surface area contributed by atoms with E-state index in [1.807, 2.05) is 12.1 Å². The van der Waals surface area contributed by atoms with Gasteiger partial charge in [0.25, 0.3) is 0 Å². The van der Waals surface area contributed by atoms with Crippen molar-refractivity contribution < 1.29 is 4.79 Å². The van der Waals surface area contributed by atoms with Gasteiger partial charge in [-0.05, 0) is 23.9 Å². The molecule has 1 heterocycles. The molecule has 0 aliphatic carbocycles. The van der Waals surface area contributed by atoms with Crippen LogP contribution in [0, 0.1) is 6.92 Å². The van der Waals surface area contributed by atoms with Crippen molar-refractivity contribution in [1.82, 2.24) is 0 Å². The van der Waals surface area contributed by atoms with Crippen molar-refractivity contribution in [1.29, 1.82) is 0 Å². The molecule has 2 heteroatoms. The molecule has 0 aliphatic heterocycles. The lowest BCUT2D eigenvalue weighted by molar-refractivity contribution is -0.107. The van der Waals surface area contributed by atoms with Crippen LogP contribution >= 0.6 is 11.3 Å². The molecule has 2 rings (SSSR count). The second-order valence-electron chi connectivity index (χ2n) is 3.00. The Kier molecular flexibility index (Phi) is 2.15. The molecule has 66 valence electrons. The lowest BCUT2D eigenvalue weighted by atomic mass is 10.1. The Hall–Kier alpha value is -1.15. The molecule has 1 nitrogen and oxygen atoms in total. The minimum atomic E-state index is 0.538. The zero-order valence-corrected chi connectivity index (χ0v) is 8.23. The summed E-state index contributed by atoms with van der Waals surface area (Å²) in [7, 11) is 0. The molecule has 0 amide bonds. The monoisotopic (exact) mass is 190 g/mol. The highest BCUT2D eigenvalue weighted by Crippen LogP contribution is 2.30. The number of carbonyl (C=O) groups is 1. The minimum absolute atomic E-state index is 0.538. The van der Waals surface area contributed by atoms with Crippen molar-refractivity contribution in [3.05, 3.63) is 34.7 Å². The molecule has 0 unspecified atom stereocenters. The lowest BCUT2D eigenvalue weighted by Gasteiger charge is -1.93. The van der Waals surface area contributed by atoms with Crippen LogP contribution < -0.4 is 0 Å². The van der Waals surface area contributed by atoms with Crippen LogP contribution in [0.15, 0.2) is 24.3 Å². The third-order valence-corrected chi connectivity index (χ3v) is 3.32.